The van der Waals surface area contributed by atoms with Crippen LogP contribution in [0.2, 0.25) is 0 Å². The predicted octanol–water partition coefficient (Wildman–Crippen LogP) is 3.85. The van der Waals surface area contributed by atoms with Gasteiger partial charge in [0.1, 0.15) is 17.9 Å². The monoisotopic (exact) mass is 548 g/mol. The minimum absolute atomic E-state index is 0.0443. The Labute approximate surface area is 221 Å². The van der Waals surface area contributed by atoms with Crippen LogP contribution in [0.1, 0.15) is 31.9 Å². The fourth-order valence-electron chi connectivity index (χ4n) is 4.40. The van der Waals surface area contributed by atoms with Crippen molar-refractivity contribution in [1.29, 1.82) is 0 Å². The van der Waals surface area contributed by atoms with E-state index in [4.69, 9.17) is 28.2 Å². The van der Waals surface area contributed by atoms with Gasteiger partial charge in [-0.1, -0.05) is 60.7 Å². The largest absolute Gasteiger partial charge is 0.459 e. The third-order valence-corrected chi connectivity index (χ3v) is 9.03. The fraction of sp³-hybridized carbons (Fsp3) is 0.444. The summed E-state index contributed by atoms with van der Waals surface area (Å²) in [5, 5.41) is 0. The van der Waals surface area contributed by atoms with Gasteiger partial charge in [0.05, 0.1) is 19.8 Å². The summed E-state index contributed by atoms with van der Waals surface area (Å²) in [6.45, 7) is 3.54. The second-order valence-electron chi connectivity index (χ2n) is 8.81. The molecular formula is C27H33O10P. The summed E-state index contributed by atoms with van der Waals surface area (Å²) in [6.07, 6.45) is -3.76. The zero-order chi connectivity index (χ0) is 27.7. The molecule has 0 bridgehead atoms. The smallest absolute Gasteiger partial charge is 0.303 e. The molecule has 2 aromatic rings. The van der Waals surface area contributed by atoms with Crippen LogP contribution in [-0.4, -0.2) is 61.4 Å². The molecular weight excluding hydrogens is 515 g/mol. The minimum Gasteiger partial charge on any atom is -0.459 e. The summed E-state index contributed by atoms with van der Waals surface area (Å²) in [5.41, 5.74) is 0.555. The SMILES string of the molecule is COP1(=O)[C@H](COCc2ccccc2)[C@@H](OC(C)=O)[C@H](OCc2ccccc2)[C@@H](OC(C)=O)[C@@H]1OC(C)=O. The average molecular weight is 549 g/mol. The Balaban J connectivity index is 2.03. The number of esters is 3. The first-order chi connectivity index (χ1) is 18.2. The molecule has 1 unspecified atom stereocenters. The summed E-state index contributed by atoms with van der Waals surface area (Å²) in [4.78, 5) is 36.4. The Bertz CT molecular complexity index is 1120. The Hall–Kier alpha value is -3.04. The zero-order valence-electron chi connectivity index (χ0n) is 21.8. The second kappa shape index (κ2) is 13.7. The van der Waals surface area contributed by atoms with E-state index < -0.39 is 55.1 Å². The van der Waals surface area contributed by atoms with Crippen molar-refractivity contribution in [1.82, 2.24) is 0 Å². The molecule has 0 spiro atoms. The van der Waals surface area contributed by atoms with Crippen LogP contribution in [0.3, 0.4) is 0 Å². The molecule has 0 radical (unpaired) electrons. The molecule has 0 aliphatic carbocycles. The Morgan fingerprint density at radius 3 is 1.71 bits per heavy atom. The van der Waals surface area contributed by atoms with Gasteiger partial charge in [-0.15, -0.1) is 0 Å². The first kappa shape index (κ1) is 29.5. The predicted molar refractivity (Wildman–Crippen MR) is 136 cm³/mol. The number of carbonyl (C=O) groups excluding carboxylic acids is 3. The third kappa shape index (κ3) is 7.51. The van der Waals surface area contributed by atoms with Crippen molar-refractivity contribution in [2.24, 2.45) is 0 Å². The average Bonchev–Trinajstić information content (AvgIpc) is 2.88. The van der Waals surface area contributed by atoms with Crippen molar-refractivity contribution >= 4 is 25.3 Å². The summed E-state index contributed by atoms with van der Waals surface area (Å²) in [7, 11) is -2.85. The highest BCUT2D eigenvalue weighted by Crippen LogP contribution is 2.63. The molecule has 2 aromatic carbocycles. The molecule has 0 amide bonds. The van der Waals surface area contributed by atoms with Crippen LogP contribution in [0, 0.1) is 0 Å². The van der Waals surface area contributed by atoms with Crippen molar-refractivity contribution in [3.8, 4) is 0 Å². The fourth-order valence-corrected chi connectivity index (χ4v) is 7.14. The molecule has 1 heterocycles. The molecule has 1 fully saturated rings. The summed E-state index contributed by atoms with van der Waals surface area (Å²) in [5.74, 6) is -3.69. The molecule has 206 valence electrons. The van der Waals surface area contributed by atoms with Crippen molar-refractivity contribution in [3.63, 3.8) is 0 Å². The highest BCUT2D eigenvalue weighted by Gasteiger charge is 2.63. The standard InChI is InChI=1S/C27H33O10P/c1-18(28)35-24-23(17-33-15-21-11-7-5-8-12-21)38(31,32-4)27(37-20(3)30)26(36-19(2)29)25(24)34-16-22-13-9-6-10-14-22/h5-14,23-27H,15-17H2,1-4H3/t23-,24-,25+,26-,27-,38?/m1/s1. The molecule has 0 aromatic heterocycles. The van der Waals surface area contributed by atoms with Gasteiger partial charge in [0.15, 0.2) is 6.10 Å². The Kier molecular flexibility index (Phi) is 10.6. The van der Waals surface area contributed by atoms with Crippen molar-refractivity contribution in [2.75, 3.05) is 13.7 Å². The lowest BCUT2D eigenvalue weighted by molar-refractivity contribution is -0.196. The third-order valence-electron chi connectivity index (χ3n) is 5.99. The number of rotatable bonds is 11. The number of benzene rings is 2. The van der Waals surface area contributed by atoms with Gasteiger partial charge in [0, 0.05) is 27.9 Å². The molecule has 6 atom stereocenters. The van der Waals surface area contributed by atoms with Crippen molar-refractivity contribution in [2.45, 2.75) is 63.8 Å². The maximum Gasteiger partial charge on any atom is 0.303 e. The van der Waals surface area contributed by atoms with Gasteiger partial charge in [-0.05, 0) is 11.1 Å². The number of hydrogen-bond donors (Lipinski definition) is 0. The number of hydrogen-bond acceptors (Lipinski definition) is 10. The van der Waals surface area contributed by atoms with E-state index in [-0.39, 0.29) is 19.8 Å². The highest BCUT2D eigenvalue weighted by atomic mass is 31.2. The number of carbonyl (C=O) groups is 3. The number of ether oxygens (including phenoxy) is 5. The van der Waals surface area contributed by atoms with Gasteiger partial charge in [-0.25, -0.2) is 0 Å². The van der Waals surface area contributed by atoms with Crippen LogP contribution < -0.4 is 0 Å². The van der Waals surface area contributed by atoms with E-state index >= 15 is 0 Å². The van der Waals surface area contributed by atoms with Gasteiger partial charge in [-0.3, -0.25) is 18.9 Å². The van der Waals surface area contributed by atoms with Gasteiger partial charge in [0.2, 0.25) is 5.85 Å². The summed E-state index contributed by atoms with van der Waals surface area (Å²) in [6, 6.07) is 18.5. The van der Waals surface area contributed by atoms with E-state index in [2.05, 4.69) is 0 Å². The molecule has 10 nitrogen and oxygen atoms in total. The molecule has 11 heteroatoms. The minimum atomic E-state index is -4.05. The van der Waals surface area contributed by atoms with E-state index in [1.807, 2.05) is 60.7 Å². The van der Waals surface area contributed by atoms with E-state index in [1.54, 1.807) is 0 Å². The zero-order valence-corrected chi connectivity index (χ0v) is 22.7. The molecule has 3 rings (SSSR count). The molecule has 1 aliphatic heterocycles. The molecule has 1 saturated heterocycles. The lowest BCUT2D eigenvalue weighted by atomic mass is 10.0. The van der Waals surface area contributed by atoms with Crippen LogP contribution in [0.25, 0.3) is 0 Å². The topological polar surface area (TPSA) is 124 Å². The molecule has 1 aliphatic rings. The van der Waals surface area contributed by atoms with Gasteiger partial charge < -0.3 is 28.2 Å². The first-order valence-electron chi connectivity index (χ1n) is 12.1. The summed E-state index contributed by atoms with van der Waals surface area (Å²) < 4.78 is 48.6. The Morgan fingerprint density at radius 1 is 0.711 bits per heavy atom. The van der Waals surface area contributed by atoms with E-state index in [0.29, 0.717) is 0 Å². The first-order valence-corrected chi connectivity index (χ1v) is 13.9. The van der Waals surface area contributed by atoms with Crippen LogP contribution in [0.15, 0.2) is 60.7 Å². The van der Waals surface area contributed by atoms with E-state index in [1.165, 1.54) is 14.0 Å². The van der Waals surface area contributed by atoms with Gasteiger partial charge in [0.25, 0.3) is 7.37 Å². The van der Waals surface area contributed by atoms with Crippen molar-refractivity contribution in [3.05, 3.63) is 71.8 Å². The lowest BCUT2D eigenvalue weighted by Gasteiger charge is -2.47. The van der Waals surface area contributed by atoms with Gasteiger partial charge in [-0.2, -0.15) is 0 Å². The lowest BCUT2D eigenvalue weighted by Crippen LogP contribution is -2.61. The second-order valence-corrected chi connectivity index (χ2v) is 11.6. The van der Waals surface area contributed by atoms with Crippen LogP contribution in [0.5, 0.6) is 0 Å². The quantitative estimate of drug-likeness (QED) is 0.232. The van der Waals surface area contributed by atoms with Crippen LogP contribution >= 0.6 is 7.37 Å². The van der Waals surface area contributed by atoms with Crippen LogP contribution in [0.4, 0.5) is 0 Å². The molecule has 0 saturated carbocycles. The Morgan fingerprint density at radius 2 is 1.21 bits per heavy atom. The normalized spacial score (nSPS) is 26.8. The maximum absolute atomic E-state index is 14.4. The molecule has 38 heavy (non-hydrogen) atoms. The maximum atomic E-state index is 14.4. The van der Waals surface area contributed by atoms with Gasteiger partial charge >= 0.3 is 17.9 Å². The van der Waals surface area contributed by atoms with E-state index in [0.717, 1.165) is 25.0 Å². The van der Waals surface area contributed by atoms with Crippen molar-refractivity contribution < 1.29 is 47.2 Å². The van der Waals surface area contributed by atoms with Crippen LogP contribution in [-0.2, 0) is 60.4 Å². The summed E-state index contributed by atoms with van der Waals surface area (Å²) >= 11 is 0. The molecule has 0 N–H and O–H groups in total. The highest BCUT2D eigenvalue weighted by molar-refractivity contribution is 7.60. The van der Waals surface area contributed by atoms with E-state index in [9.17, 15) is 18.9 Å².